The van der Waals surface area contributed by atoms with Crippen molar-refractivity contribution in [2.45, 2.75) is 32.7 Å². The topological polar surface area (TPSA) is 38.1 Å². The largest absolute Gasteiger partial charge is 0.465 e. The van der Waals surface area contributed by atoms with Crippen LogP contribution in [0.1, 0.15) is 42.3 Å². The number of nitrogens with one attached hydrogen (secondary N) is 1. The number of nitrogens with zero attached hydrogens (tertiary/aromatic N) is 1. The highest BCUT2D eigenvalue weighted by Crippen LogP contribution is 2.19. The van der Waals surface area contributed by atoms with E-state index in [1.54, 1.807) is 11.3 Å². The number of thiazole rings is 1. The minimum absolute atomic E-state index is 0.242. The molecule has 2 rings (SSSR count). The first-order valence-electron chi connectivity index (χ1n) is 5.86. The van der Waals surface area contributed by atoms with Gasteiger partial charge in [0.25, 0.3) is 0 Å². The van der Waals surface area contributed by atoms with Crippen molar-refractivity contribution in [1.29, 1.82) is 0 Å². The SMILES string of the molecule is Cc1ccc(C(C)NCC(C)c2nccs2)o1. The Morgan fingerprint density at radius 1 is 1.41 bits per heavy atom. The molecule has 2 atom stereocenters. The van der Waals surface area contributed by atoms with E-state index in [4.69, 9.17) is 4.42 Å². The van der Waals surface area contributed by atoms with Crippen LogP contribution in [0.4, 0.5) is 0 Å². The van der Waals surface area contributed by atoms with E-state index in [0.29, 0.717) is 5.92 Å². The second-order valence-corrected chi connectivity index (χ2v) is 5.28. The van der Waals surface area contributed by atoms with E-state index in [9.17, 15) is 0 Å². The summed E-state index contributed by atoms with van der Waals surface area (Å²) >= 11 is 1.71. The highest BCUT2D eigenvalue weighted by molar-refractivity contribution is 7.09. The molecule has 0 aliphatic heterocycles. The molecule has 17 heavy (non-hydrogen) atoms. The normalized spacial score (nSPS) is 14.8. The molecule has 0 aromatic carbocycles. The van der Waals surface area contributed by atoms with Crippen LogP contribution < -0.4 is 5.32 Å². The van der Waals surface area contributed by atoms with Crippen molar-refractivity contribution in [3.8, 4) is 0 Å². The number of hydrogen-bond acceptors (Lipinski definition) is 4. The lowest BCUT2D eigenvalue weighted by Gasteiger charge is -2.14. The van der Waals surface area contributed by atoms with Crippen LogP contribution in [0, 0.1) is 6.92 Å². The third-order valence-electron chi connectivity index (χ3n) is 2.79. The molecule has 2 unspecified atom stereocenters. The van der Waals surface area contributed by atoms with Crippen LogP contribution in [0.15, 0.2) is 28.1 Å². The Balaban J connectivity index is 1.86. The Hall–Kier alpha value is -1.13. The molecule has 0 bridgehead atoms. The molecular formula is C13H18N2OS. The summed E-state index contributed by atoms with van der Waals surface area (Å²) in [4.78, 5) is 4.33. The second-order valence-electron chi connectivity index (χ2n) is 4.35. The Morgan fingerprint density at radius 2 is 2.24 bits per heavy atom. The molecule has 0 radical (unpaired) electrons. The fourth-order valence-electron chi connectivity index (χ4n) is 1.71. The summed E-state index contributed by atoms with van der Waals surface area (Å²) in [5.41, 5.74) is 0. The zero-order chi connectivity index (χ0) is 12.3. The molecule has 1 N–H and O–H groups in total. The highest BCUT2D eigenvalue weighted by Gasteiger charge is 2.12. The van der Waals surface area contributed by atoms with Gasteiger partial charge < -0.3 is 9.73 Å². The predicted molar refractivity (Wildman–Crippen MR) is 70.4 cm³/mol. The van der Waals surface area contributed by atoms with E-state index < -0.39 is 0 Å². The van der Waals surface area contributed by atoms with Crippen molar-refractivity contribution in [3.63, 3.8) is 0 Å². The molecule has 0 saturated carbocycles. The van der Waals surface area contributed by atoms with Gasteiger partial charge in [0.2, 0.25) is 0 Å². The maximum atomic E-state index is 5.59. The minimum Gasteiger partial charge on any atom is -0.465 e. The van der Waals surface area contributed by atoms with Crippen LogP contribution in [0.3, 0.4) is 0 Å². The van der Waals surface area contributed by atoms with Gasteiger partial charge in [-0.05, 0) is 26.0 Å². The Morgan fingerprint density at radius 3 is 2.82 bits per heavy atom. The number of hydrogen-bond donors (Lipinski definition) is 1. The van der Waals surface area contributed by atoms with Crippen LogP contribution in [0.5, 0.6) is 0 Å². The Labute approximate surface area is 106 Å². The molecule has 0 aliphatic rings. The van der Waals surface area contributed by atoms with Gasteiger partial charge >= 0.3 is 0 Å². The minimum atomic E-state index is 0.242. The monoisotopic (exact) mass is 250 g/mol. The molecule has 2 aromatic rings. The van der Waals surface area contributed by atoms with E-state index in [1.807, 2.05) is 30.6 Å². The summed E-state index contributed by atoms with van der Waals surface area (Å²) in [5, 5.41) is 6.67. The van der Waals surface area contributed by atoms with Gasteiger partial charge in [-0.1, -0.05) is 6.92 Å². The van der Waals surface area contributed by atoms with E-state index in [0.717, 1.165) is 18.1 Å². The average Bonchev–Trinajstić information content (AvgIpc) is 2.95. The van der Waals surface area contributed by atoms with Gasteiger partial charge in [-0.3, -0.25) is 0 Å². The zero-order valence-electron chi connectivity index (χ0n) is 10.4. The van der Waals surface area contributed by atoms with Crippen LogP contribution in [-0.2, 0) is 0 Å². The Bertz CT molecular complexity index is 450. The second kappa shape index (κ2) is 5.47. The first-order chi connectivity index (χ1) is 8.16. The first-order valence-corrected chi connectivity index (χ1v) is 6.74. The summed E-state index contributed by atoms with van der Waals surface area (Å²) in [7, 11) is 0. The van der Waals surface area contributed by atoms with Gasteiger partial charge in [0, 0.05) is 24.0 Å². The summed E-state index contributed by atoms with van der Waals surface area (Å²) in [6.45, 7) is 7.18. The molecule has 2 heterocycles. The average molecular weight is 250 g/mol. The van der Waals surface area contributed by atoms with Crippen LogP contribution in [-0.4, -0.2) is 11.5 Å². The van der Waals surface area contributed by atoms with Crippen molar-refractivity contribution in [2.75, 3.05) is 6.54 Å². The fourth-order valence-corrected chi connectivity index (χ4v) is 2.40. The maximum absolute atomic E-state index is 5.59. The van der Waals surface area contributed by atoms with E-state index in [2.05, 4.69) is 24.1 Å². The lowest BCUT2D eigenvalue weighted by atomic mass is 10.1. The smallest absolute Gasteiger partial charge is 0.120 e. The quantitative estimate of drug-likeness (QED) is 0.882. The van der Waals surface area contributed by atoms with Gasteiger partial charge in [-0.25, -0.2) is 4.98 Å². The maximum Gasteiger partial charge on any atom is 0.120 e. The van der Waals surface area contributed by atoms with Crippen LogP contribution in [0.25, 0.3) is 0 Å². The van der Waals surface area contributed by atoms with E-state index in [1.165, 1.54) is 5.01 Å². The van der Waals surface area contributed by atoms with Crippen molar-refractivity contribution in [1.82, 2.24) is 10.3 Å². The molecule has 0 fully saturated rings. The van der Waals surface area contributed by atoms with Crippen molar-refractivity contribution in [3.05, 3.63) is 40.2 Å². The fraction of sp³-hybridized carbons (Fsp3) is 0.462. The molecular weight excluding hydrogens is 232 g/mol. The van der Waals surface area contributed by atoms with Crippen molar-refractivity contribution >= 4 is 11.3 Å². The predicted octanol–water partition coefficient (Wildman–Crippen LogP) is 3.50. The molecule has 3 nitrogen and oxygen atoms in total. The highest BCUT2D eigenvalue weighted by atomic mass is 32.1. The van der Waals surface area contributed by atoms with E-state index >= 15 is 0 Å². The molecule has 0 saturated heterocycles. The van der Waals surface area contributed by atoms with Gasteiger partial charge in [0.05, 0.1) is 11.0 Å². The number of furan rings is 1. The molecule has 2 aromatic heterocycles. The third kappa shape index (κ3) is 3.17. The Kier molecular flexibility index (Phi) is 3.97. The summed E-state index contributed by atoms with van der Waals surface area (Å²) in [6, 6.07) is 4.27. The van der Waals surface area contributed by atoms with Gasteiger partial charge in [0.1, 0.15) is 11.5 Å². The van der Waals surface area contributed by atoms with E-state index in [-0.39, 0.29) is 6.04 Å². The third-order valence-corrected chi connectivity index (χ3v) is 3.80. The summed E-state index contributed by atoms with van der Waals surface area (Å²) in [6.07, 6.45) is 1.86. The van der Waals surface area contributed by atoms with Crippen molar-refractivity contribution < 1.29 is 4.42 Å². The molecule has 92 valence electrons. The van der Waals surface area contributed by atoms with Crippen LogP contribution >= 0.6 is 11.3 Å². The lowest BCUT2D eigenvalue weighted by molar-refractivity contribution is 0.410. The van der Waals surface area contributed by atoms with Gasteiger partial charge in [-0.15, -0.1) is 11.3 Å². The first kappa shape index (κ1) is 12.3. The van der Waals surface area contributed by atoms with Crippen molar-refractivity contribution in [2.24, 2.45) is 0 Å². The number of aryl methyl sites for hydroxylation is 1. The number of aromatic nitrogens is 1. The zero-order valence-corrected chi connectivity index (χ0v) is 11.3. The van der Waals surface area contributed by atoms with Gasteiger partial charge in [-0.2, -0.15) is 0 Å². The van der Waals surface area contributed by atoms with Crippen LogP contribution in [0.2, 0.25) is 0 Å². The lowest BCUT2D eigenvalue weighted by Crippen LogP contribution is -2.23. The standard InChI is InChI=1S/C13H18N2OS/c1-9(13-14-6-7-17-13)8-15-11(3)12-5-4-10(2)16-12/h4-7,9,11,15H,8H2,1-3H3. The summed E-state index contributed by atoms with van der Waals surface area (Å²) in [5.74, 6) is 2.39. The molecule has 0 aliphatic carbocycles. The molecule has 0 spiro atoms. The number of rotatable bonds is 5. The summed E-state index contributed by atoms with van der Waals surface area (Å²) < 4.78 is 5.59. The van der Waals surface area contributed by atoms with Gasteiger partial charge in [0.15, 0.2) is 0 Å². The molecule has 4 heteroatoms. The molecule has 0 amide bonds.